The second-order valence-corrected chi connectivity index (χ2v) is 9.24. The predicted octanol–water partition coefficient (Wildman–Crippen LogP) is 2.12. The van der Waals surface area contributed by atoms with Crippen molar-refractivity contribution in [2.24, 2.45) is 5.41 Å². The fraction of sp³-hybridized carbons (Fsp3) is 1.00. The van der Waals surface area contributed by atoms with Gasteiger partial charge in [0.25, 0.3) is 0 Å². The monoisotopic (exact) mass is 252 g/mol. The lowest BCUT2D eigenvalue weighted by Gasteiger charge is -2.35. The molecule has 2 atom stereocenters. The van der Waals surface area contributed by atoms with Crippen LogP contribution >= 0.6 is 7.60 Å². The van der Waals surface area contributed by atoms with E-state index >= 15 is 0 Å². The predicted molar refractivity (Wildman–Crippen MR) is 59.3 cm³/mol. The maximum absolute atomic E-state index is 12.3. The highest BCUT2D eigenvalue weighted by molar-refractivity contribution is 7.93. The minimum Gasteiger partial charge on any atom is -0.307 e. The molecule has 2 fully saturated rings. The summed E-state index contributed by atoms with van der Waals surface area (Å²) in [5.74, 6) is 0.630. The van der Waals surface area contributed by atoms with Gasteiger partial charge in [0.1, 0.15) is 4.99 Å². The minimum absolute atomic E-state index is 0.0893. The molecular formula is C9H17O4PS. The zero-order valence-electron chi connectivity index (χ0n) is 9.10. The SMILES string of the molecule is CC1(C)COP(=O)(C2CCCS2=O)OC1. The van der Waals surface area contributed by atoms with Gasteiger partial charge in [-0.3, -0.25) is 8.77 Å². The maximum atomic E-state index is 12.3. The summed E-state index contributed by atoms with van der Waals surface area (Å²) in [6.45, 7) is 4.86. The van der Waals surface area contributed by atoms with Gasteiger partial charge in [-0.05, 0) is 12.8 Å². The van der Waals surface area contributed by atoms with E-state index in [4.69, 9.17) is 9.05 Å². The molecule has 0 spiro atoms. The zero-order valence-corrected chi connectivity index (χ0v) is 10.8. The highest BCUT2D eigenvalue weighted by Crippen LogP contribution is 2.60. The van der Waals surface area contributed by atoms with E-state index in [1.54, 1.807) is 0 Å². The van der Waals surface area contributed by atoms with E-state index in [0.717, 1.165) is 6.42 Å². The van der Waals surface area contributed by atoms with Gasteiger partial charge in [-0.25, -0.2) is 0 Å². The molecule has 0 aromatic carbocycles. The van der Waals surface area contributed by atoms with E-state index in [2.05, 4.69) is 0 Å². The molecule has 88 valence electrons. The minimum atomic E-state index is -3.10. The molecule has 0 amide bonds. The third kappa shape index (κ3) is 2.36. The molecule has 2 saturated heterocycles. The van der Waals surface area contributed by atoms with E-state index in [-0.39, 0.29) is 10.4 Å². The fourth-order valence-electron chi connectivity index (χ4n) is 1.74. The summed E-state index contributed by atoms with van der Waals surface area (Å²) in [7, 11) is -4.13. The Morgan fingerprint density at radius 3 is 2.40 bits per heavy atom. The van der Waals surface area contributed by atoms with Crippen LogP contribution in [0.5, 0.6) is 0 Å². The molecule has 2 aliphatic heterocycles. The van der Waals surface area contributed by atoms with Crippen molar-refractivity contribution in [3.05, 3.63) is 0 Å². The van der Waals surface area contributed by atoms with Crippen molar-refractivity contribution in [3.63, 3.8) is 0 Å². The highest BCUT2D eigenvalue weighted by atomic mass is 32.2. The average Bonchev–Trinajstić information content (AvgIpc) is 2.58. The molecule has 0 bridgehead atoms. The Kier molecular flexibility index (Phi) is 3.10. The van der Waals surface area contributed by atoms with Crippen LogP contribution in [0.3, 0.4) is 0 Å². The number of rotatable bonds is 1. The third-order valence-corrected chi connectivity index (χ3v) is 7.68. The molecule has 2 aliphatic rings. The van der Waals surface area contributed by atoms with E-state index in [1.165, 1.54) is 0 Å². The third-order valence-electron chi connectivity index (χ3n) is 2.72. The van der Waals surface area contributed by atoms with Crippen LogP contribution in [0.4, 0.5) is 0 Å². The molecule has 6 heteroatoms. The van der Waals surface area contributed by atoms with E-state index in [1.807, 2.05) is 13.8 Å². The lowest BCUT2D eigenvalue weighted by atomic mass is 9.97. The van der Waals surface area contributed by atoms with Gasteiger partial charge in [0.15, 0.2) is 0 Å². The van der Waals surface area contributed by atoms with Crippen LogP contribution in [-0.4, -0.2) is 28.2 Å². The lowest BCUT2D eigenvalue weighted by molar-refractivity contribution is 0.0404. The second-order valence-electron chi connectivity index (χ2n) is 4.93. The summed E-state index contributed by atoms with van der Waals surface area (Å²) < 4.78 is 34.7. The zero-order chi connectivity index (χ0) is 11.1. The fourth-order valence-corrected chi connectivity index (χ4v) is 6.70. The van der Waals surface area contributed by atoms with Gasteiger partial charge in [0, 0.05) is 22.0 Å². The Balaban J connectivity index is 2.09. The van der Waals surface area contributed by atoms with Crippen molar-refractivity contribution in [2.75, 3.05) is 19.0 Å². The summed E-state index contributed by atoms with van der Waals surface area (Å²) in [5, 5.41) is 0. The maximum Gasteiger partial charge on any atom is 0.346 e. The van der Waals surface area contributed by atoms with Crippen LogP contribution in [0.1, 0.15) is 26.7 Å². The topological polar surface area (TPSA) is 52.6 Å². The normalized spacial score (nSPS) is 39.1. The Bertz CT molecular complexity index is 314. The summed E-state index contributed by atoms with van der Waals surface area (Å²) in [6.07, 6.45) is 1.56. The van der Waals surface area contributed by atoms with Gasteiger partial charge in [0.05, 0.1) is 13.2 Å². The van der Waals surface area contributed by atoms with E-state index < -0.39 is 18.4 Å². The van der Waals surface area contributed by atoms with Crippen LogP contribution in [0.15, 0.2) is 0 Å². The molecule has 0 saturated carbocycles. The van der Waals surface area contributed by atoms with Crippen molar-refractivity contribution in [3.8, 4) is 0 Å². The van der Waals surface area contributed by atoms with Crippen molar-refractivity contribution in [1.82, 2.24) is 0 Å². The summed E-state index contributed by atoms with van der Waals surface area (Å²) in [4.78, 5) is -0.381. The van der Waals surface area contributed by atoms with Gasteiger partial charge >= 0.3 is 7.60 Å². The van der Waals surface area contributed by atoms with Gasteiger partial charge in [-0.1, -0.05) is 13.8 Å². The summed E-state index contributed by atoms with van der Waals surface area (Å²) in [6, 6.07) is 0. The van der Waals surface area contributed by atoms with E-state index in [9.17, 15) is 8.77 Å². The molecule has 0 aliphatic carbocycles. The van der Waals surface area contributed by atoms with Crippen LogP contribution in [-0.2, 0) is 24.4 Å². The van der Waals surface area contributed by atoms with Gasteiger partial charge in [-0.15, -0.1) is 0 Å². The van der Waals surface area contributed by atoms with E-state index in [0.29, 0.717) is 25.4 Å². The number of hydrogen-bond donors (Lipinski definition) is 0. The van der Waals surface area contributed by atoms with Crippen LogP contribution < -0.4 is 0 Å². The van der Waals surface area contributed by atoms with Crippen molar-refractivity contribution >= 4 is 18.4 Å². The molecule has 0 aromatic heterocycles. The van der Waals surface area contributed by atoms with Crippen molar-refractivity contribution in [1.29, 1.82) is 0 Å². The lowest BCUT2D eigenvalue weighted by Crippen LogP contribution is -2.32. The summed E-state index contributed by atoms with van der Waals surface area (Å²) in [5.41, 5.74) is -0.0893. The van der Waals surface area contributed by atoms with Gasteiger partial charge < -0.3 is 9.05 Å². The smallest absolute Gasteiger partial charge is 0.307 e. The Labute approximate surface area is 92.7 Å². The van der Waals surface area contributed by atoms with Crippen LogP contribution in [0, 0.1) is 5.41 Å². The largest absolute Gasteiger partial charge is 0.346 e. The first-order valence-electron chi connectivity index (χ1n) is 5.19. The molecule has 0 aromatic rings. The van der Waals surface area contributed by atoms with Gasteiger partial charge in [-0.2, -0.15) is 0 Å². The Morgan fingerprint density at radius 1 is 1.33 bits per heavy atom. The van der Waals surface area contributed by atoms with Crippen LogP contribution in [0.2, 0.25) is 0 Å². The van der Waals surface area contributed by atoms with Gasteiger partial charge in [0.2, 0.25) is 0 Å². The molecule has 15 heavy (non-hydrogen) atoms. The second kappa shape index (κ2) is 3.95. The first kappa shape index (κ1) is 11.8. The summed E-state index contributed by atoms with van der Waals surface area (Å²) >= 11 is 0. The van der Waals surface area contributed by atoms with Crippen molar-refractivity contribution in [2.45, 2.75) is 31.7 Å². The first-order chi connectivity index (χ1) is 6.93. The highest BCUT2D eigenvalue weighted by Gasteiger charge is 2.47. The van der Waals surface area contributed by atoms with Crippen molar-refractivity contribution < 1.29 is 17.8 Å². The standard InChI is InChI=1S/C9H17O4PS/c1-9(2)6-12-14(10,13-7-9)8-4-3-5-15(8)11/h8H,3-7H2,1-2H3. The molecule has 0 N–H and O–H groups in total. The molecule has 4 nitrogen and oxygen atoms in total. The molecule has 2 unspecified atom stereocenters. The molecule has 2 heterocycles. The number of hydrogen-bond acceptors (Lipinski definition) is 4. The quantitative estimate of drug-likeness (QED) is 0.671. The van der Waals surface area contributed by atoms with Crippen LogP contribution in [0.25, 0.3) is 0 Å². The molecule has 0 radical (unpaired) electrons. The first-order valence-corrected chi connectivity index (χ1v) is 8.18. The molecular weight excluding hydrogens is 235 g/mol. The Hall–Kier alpha value is 0.300. The average molecular weight is 252 g/mol. The molecule has 2 rings (SSSR count). The Morgan fingerprint density at radius 2 is 1.93 bits per heavy atom.